The maximum Gasteiger partial charge on any atom is 0.220 e. The van der Waals surface area contributed by atoms with Gasteiger partial charge >= 0.3 is 0 Å². The van der Waals surface area contributed by atoms with Crippen molar-refractivity contribution < 1.29 is 4.79 Å². The zero-order chi connectivity index (χ0) is 22.9. The minimum absolute atomic E-state index is 0.0853. The maximum atomic E-state index is 12.7. The van der Waals surface area contributed by atoms with Gasteiger partial charge in [-0.3, -0.25) is 9.69 Å². The average molecular weight is 442 g/mol. The van der Waals surface area contributed by atoms with E-state index >= 15 is 0 Å². The molecular formula is C29H35N3O. The monoisotopic (exact) mass is 441 g/mol. The Kier molecular flexibility index (Phi) is 8.15. The number of carbonyl (C=O) groups excluding carboxylic acids is 1. The van der Waals surface area contributed by atoms with Crippen LogP contribution in [-0.4, -0.2) is 50.1 Å². The summed E-state index contributed by atoms with van der Waals surface area (Å²) in [6.07, 6.45) is 1.46. The number of nitrogens with one attached hydrogen (secondary N) is 1. The van der Waals surface area contributed by atoms with Gasteiger partial charge in [0.25, 0.3) is 0 Å². The second-order valence-corrected chi connectivity index (χ2v) is 8.95. The lowest BCUT2D eigenvalue weighted by atomic mass is 9.88. The summed E-state index contributed by atoms with van der Waals surface area (Å²) in [5, 5.41) is 3.16. The topological polar surface area (TPSA) is 35.6 Å². The molecule has 0 bridgehead atoms. The molecule has 0 unspecified atom stereocenters. The molecule has 1 N–H and O–H groups in total. The minimum Gasteiger partial charge on any atom is -0.369 e. The smallest absolute Gasteiger partial charge is 0.220 e. The summed E-state index contributed by atoms with van der Waals surface area (Å²) in [5.74, 6) is 0.207. The van der Waals surface area contributed by atoms with Crippen molar-refractivity contribution in [2.24, 2.45) is 0 Å². The van der Waals surface area contributed by atoms with Gasteiger partial charge < -0.3 is 10.2 Å². The predicted molar refractivity (Wildman–Crippen MR) is 137 cm³/mol. The Morgan fingerprint density at radius 2 is 1.48 bits per heavy atom. The van der Waals surface area contributed by atoms with Crippen LogP contribution in [0.25, 0.3) is 0 Å². The fourth-order valence-corrected chi connectivity index (χ4v) is 4.64. The van der Waals surface area contributed by atoms with E-state index in [1.165, 1.54) is 22.4 Å². The third kappa shape index (κ3) is 6.69. The average Bonchev–Trinajstić information content (AvgIpc) is 2.86. The van der Waals surface area contributed by atoms with Crippen molar-refractivity contribution in [3.8, 4) is 0 Å². The molecular weight excluding hydrogens is 406 g/mol. The quantitative estimate of drug-likeness (QED) is 0.483. The number of rotatable bonds is 9. The van der Waals surface area contributed by atoms with E-state index in [0.717, 1.165) is 45.7 Å². The van der Waals surface area contributed by atoms with Gasteiger partial charge in [-0.1, -0.05) is 72.8 Å². The fraction of sp³-hybridized carbons (Fsp3) is 0.345. The molecule has 1 amide bonds. The highest BCUT2D eigenvalue weighted by Gasteiger charge is 2.19. The number of piperazine rings is 1. The first-order valence-corrected chi connectivity index (χ1v) is 12.1. The summed E-state index contributed by atoms with van der Waals surface area (Å²) in [4.78, 5) is 17.7. The first-order valence-electron chi connectivity index (χ1n) is 12.1. The number of aryl methyl sites for hydroxylation is 1. The van der Waals surface area contributed by atoms with E-state index in [-0.39, 0.29) is 11.8 Å². The molecule has 4 rings (SSSR count). The second-order valence-electron chi connectivity index (χ2n) is 8.95. The summed E-state index contributed by atoms with van der Waals surface area (Å²) >= 11 is 0. The zero-order valence-electron chi connectivity index (χ0n) is 19.6. The Hall–Kier alpha value is -3.11. The molecule has 33 heavy (non-hydrogen) atoms. The maximum absolute atomic E-state index is 12.7. The number of carbonyl (C=O) groups is 1. The van der Waals surface area contributed by atoms with E-state index in [0.29, 0.717) is 6.42 Å². The summed E-state index contributed by atoms with van der Waals surface area (Å²) in [6, 6.07) is 29.4. The number of hydrogen-bond acceptors (Lipinski definition) is 3. The molecule has 4 heteroatoms. The summed E-state index contributed by atoms with van der Waals surface area (Å²) < 4.78 is 0. The molecule has 1 fully saturated rings. The van der Waals surface area contributed by atoms with Gasteiger partial charge in [-0.2, -0.15) is 0 Å². The molecule has 0 aliphatic carbocycles. The Labute approximate surface area is 198 Å². The number of nitrogens with zero attached hydrogens (tertiary/aromatic N) is 2. The van der Waals surface area contributed by atoms with Crippen LogP contribution in [0.3, 0.4) is 0 Å². The van der Waals surface area contributed by atoms with Crippen LogP contribution in [0.4, 0.5) is 5.69 Å². The van der Waals surface area contributed by atoms with Gasteiger partial charge in [-0.25, -0.2) is 0 Å². The molecule has 0 atom stereocenters. The molecule has 3 aromatic carbocycles. The number of amides is 1. The summed E-state index contributed by atoms with van der Waals surface area (Å²) in [5.41, 5.74) is 5.01. The molecule has 0 spiro atoms. The van der Waals surface area contributed by atoms with E-state index in [1.54, 1.807) is 0 Å². The Balaban J connectivity index is 1.20. The molecule has 1 aliphatic heterocycles. The van der Waals surface area contributed by atoms with Gasteiger partial charge in [0.15, 0.2) is 0 Å². The Morgan fingerprint density at radius 1 is 0.848 bits per heavy atom. The highest BCUT2D eigenvalue weighted by atomic mass is 16.1. The van der Waals surface area contributed by atoms with Crippen molar-refractivity contribution in [1.29, 1.82) is 0 Å². The molecule has 172 valence electrons. The van der Waals surface area contributed by atoms with Crippen molar-refractivity contribution in [2.75, 3.05) is 44.2 Å². The molecule has 0 radical (unpaired) electrons. The fourth-order valence-electron chi connectivity index (χ4n) is 4.64. The number of anilines is 1. The SMILES string of the molecule is Cc1cccc(N2CCN(CCCNC(=O)CC(c3ccccc3)c3ccccc3)CC2)c1. The third-order valence-electron chi connectivity index (χ3n) is 6.51. The van der Waals surface area contributed by atoms with Crippen molar-refractivity contribution >= 4 is 11.6 Å². The van der Waals surface area contributed by atoms with Crippen molar-refractivity contribution in [2.45, 2.75) is 25.7 Å². The van der Waals surface area contributed by atoms with E-state index in [2.05, 4.69) is 70.6 Å². The molecule has 1 heterocycles. The van der Waals surface area contributed by atoms with Gasteiger partial charge in [0.05, 0.1) is 0 Å². The first kappa shape index (κ1) is 23.1. The van der Waals surface area contributed by atoms with Crippen LogP contribution in [-0.2, 0) is 4.79 Å². The van der Waals surface area contributed by atoms with Crippen LogP contribution in [0, 0.1) is 6.92 Å². The van der Waals surface area contributed by atoms with Crippen molar-refractivity contribution in [3.05, 3.63) is 102 Å². The van der Waals surface area contributed by atoms with Gasteiger partial charge in [0.2, 0.25) is 5.91 Å². The van der Waals surface area contributed by atoms with Gasteiger partial charge in [-0.15, -0.1) is 0 Å². The van der Waals surface area contributed by atoms with Crippen LogP contribution in [0.15, 0.2) is 84.9 Å². The summed E-state index contributed by atoms with van der Waals surface area (Å²) in [6.45, 7) is 8.18. The lowest BCUT2D eigenvalue weighted by Crippen LogP contribution is -2.47. The summed E-state index contributed by atoms with van der Waals surface area (Å²) in [7, 11) is 0. The number of hydrogen-bond donors (Lipinski definition) is 1. The van der Waals surface area contributed by atoms with E-state index in [9.17, 15) is 4.79 Å². The van der Waals surface area contributed by atoms with Crippen LogP contribution in [0.2, 0.25) is 0 Å². The second kappa shape index (κ2) is 11.7. The van der Waals surface area contributed by atoms with E-state index in [1.807, 2.05) is 36.4 Å². The van der Waals surface area contributed by atoms with Crippen molar-refractivity contribution in [3.63, 3.8) is 0 Å². The predicted octanol–water partition coefficient (Wildman–Crippen LogP) is 4.85. The van der Waals surface area contributed by atoms with Gasteiger partial charge in [0, 0.05) is 50.7 Å². The van der Waals surface area contributed by atoms with Crippen LogP contribution < -0.4 is 10.2 Å². The normalized spacial score (nSPS) is 14.4. The van der Waals surface area contributed by atoms with Gasteiger partial charge in [-0.05, 0) is 48.7 Å². The largest absolute Gasteiger partial charge is 0.369 e. The highest BCUT2D eigenvalue weighted by Crippen LogP contribution is 2.27. The standard InChI is InChI=1S/C29H35N3O/c1-24-10-8-15-27(22-24)32-20-18-31(19-21-32)17-9-16-30-29(33)23-28(25-11-4-2-5-12-25)26-13-6-3-7-14-26/h2-8,10-15,22,28H,9,16-21,23H2,1H3,(H,30,33). The lowest BCUT2D eigenvalue weighted by molar-refractivity contribution is -0.121. The highest BCUT2D eigenvalue weighted by molar-refractivity contribution is 5.77. The van der Waals surface area contributed by atoms with Crippen molar-refractivity contribution in [1.82, 2.24) is 10.2 Å². The van der Waals surface area contributed by atoms with E-state index < -0.39 is 0 Å². The van der Waals surface area contributed by atoms with Gasteiger partial charge in [0.1, 0.15) is 0 Å². The third-order valence-corrected chi connectivity index (χ3v) is 6.51. The first-order chi connectivity index (χ1) is 16.2. The molecule has 1 saturated heterocycles. The van der Waals surface area contributed by atoms with Crippen LogP contribution in [0.1, 0.15) is 35.4 Å². The Bertz CT molecular complexity index is 958. The van der Waals surface area contributed by atoms with Crippen LogP contribution >= 0.6 is 0 Å². The number of benzene rings is 3. The molecule has 4 nitrogen and oxygen atoms in total. The minimum atomic E-state index is 0.0853. The molecule has 0 saturated carbocycles. The molecule has 0 aromatic heterocycles. The van der Waals surface area contributed by atoms with E-state index in [4.69, 9.17) is 0 Å². The van der Waals surface area contributed by atoms with Crippen LogP contribution in [0.5, 0.6) is 0 Å². The molecule has 1 aliphatic rings. The zero-order valence-corrected chi connectivity index (χ0v) is 19.6. The Morgan fingerprint density at radius 3 is 2.09 bits per heavy atom. The molecule has 3 aromatic rings. The lowest BCUT2D eigenvalue weighted by Gasteiger charge is -2.36.